The molecule has 3 nitrogen and oxygen atoms in total. The van der Waals surface area contributed by atoms with Crippen LogP contribution in [0, 0.1) is 5.41 Å². The number of Topliss-reactive ketones (excluding diaryl/α,β-unsaturated/α-hetero) is 1. The molecule has 1 rings (SSSR count). The number of hydrogen-bond donors (Lipinski definition) is 1. The number of carbonyl (C=O) groups excluding carboxylic acids is 1. The van der Waals surface area contributed by atoms with Gasteiger partial charge in [0.2, 0.25) is 5.78 Å². The number of ketones is 1. The van der Waals surface area contributed by atoms with Gasteiger partial charge in [-0.15, -0.1) is 0 Å². The van der Waals surface area contributed by atoms with Gasteiger partial charge in [-0.3, -0.25) is 4.79 Å². The van der Waals surface area contributed by atoms with Crippen molar-refractivity contribution in [3.05, 3.63) is 22.6 Å². The molecule has 0 radical (unpaired) electrons. The smallest absolute Gasteiger partial charge is 0.206 e. The molecule has 0 fully saturated rings. The Morgan fingerprint density at radius 2 is 2.36 bits per heavy atom. The number of halogens is 1. The zero-order chi connectivity index (χ0) is 10.8. The second-order valence-corrected chi connectivity index (χ2v) is 4.40. The van der Waals surface area contributed by atoms with Gasteiger partial charge in [0.05, 0.1) is 10.7 Å². The molecule has 0 aliphatic carbocycles. The highest BCUT2D eigenvalue weighted by Crippen LogP contribution is 2.29. The molecule has 0 saturated heterocycles. The summed E-state index contributed by atoms with van der Waals surface area (Å²) in [5.74, 6) is 0.319. The monoisotopic (exact) mass is 259 g/mol. The Labute approximate surface area is 91.8 Å². The predicted molar refractivity (Wildman–Crippen MR) is 58.2 cm³/mol. The van der Waals surface area contributed by atoms with E-state index in [1.807, 2.05) is 13.8 Å². The standard InChI is InChI=1S/C10H14BrNO2/c1-3-10(2,6-12)9(13)8-7(11)4-5-14-8/h4-5H,3,6,12H2,1-2H3. The molecule has 0 aliphatic heterocycles. The summed E-state index contributed by atoms with van der Waals surface area (Å²) in [5.41, 5.74) is 5.07. The maximum absolute atomic E-state index is 12.0. The van der Waals surface area contributed by atoms with Gasteiger partial charge in [0.1, 0.15) is 0 Å². The second kappa shape index (κ2) is 4.28. The van der Waals surface area contributed by atoms with Gasteiger partial charge >= 0.3 is 0 Å². The summed E-state index contributed by atoms with van der Waals surface area (Å²) in [7, 11) is 0. The van der Waals surface area contributed by atoms with Crippen molar-refractivity contribution in [2.24, 2.45) is 11.1 Å². The zero-order valence-electron chi connectivity index (χ0n) is 8.34. The first-order valence-corrected chi connectivity index (χ1v) is 5.32. The Kier molecular flexibility index (Phi) is 3.50. The Bertz CT molecular complexity index is 329. The molecule has 0 aromatic carbocycles. The Morgan fingerprint density at radius 1 is 1.71 bits per heavy atom. The summed E-state index contributed by atoms with van der Waals surface area (Å²) >= 11 is 3.26. The van der Waals surface area contributed by atoms with Crippen LogP contribution in [0.5, 0.6) is 0 Å². The Balaban J connectivity index is 3.01. The van der Waals surface area contributed by atoms with Gasteiger partial charge in [-0.25, -0.2) is 0 Å². The van der Waals surface area contributed by atoms with E-state index in [2.05, 4.69) is 15.9 Å². The normalized spacial score (nSPS) is 15.1. The molecule has 14 heavy (non-hydrogen) atoms. The molecule has 1 atom stereocenters. The Hall–Kier alpha value is -0.610. The van der Waals surface area contributed by atoms with Crippen molar-refractivity contribution in [3.8, 4) is 0 Å². The quantitative estimate of drug-likeness (QED) is 0.846. The third-order valence-electron chi connectivity index (χ3n) is 2.60. The van der Waals surface area contributed by atoms with Crippen LogP contribution in [0.4, 0.5) is 0 Å². The number of nitrogens with two attached hydrogens (primary N) is 1. The van der Waals surface area contributed by atoms with E-state index >= 15 is 0 Å². The fourth-order valence-electron chi connectivity index (χ4n) is 1.13. The van der Waals surface area contributed by atoms with E-state index in [4.69, 9.17) is 10.2 Å². The minimum atomic E-state index is -0.527. The van der Waals surface area contributed by atoms with Gasteiger partial charge in [-0.05, 0) is 28.4 Å². The maximum atomic E-state index is 12.0. The topological polar surface area (TPSA) is 56.2 Å². The van der Waals surface area contributed by atoms with Crippen molar-refractivity contribution in [1.82, 2.24) is 0 Å². The van der Waals surface area contributed by atoms with Crippen molar-refractivity contribution >= 4 is 21.7 Å². The van der Waals surface area contributed by atoms with E-state index in [1.165, 1.54) is 6.26 Å². The van der Waals surface area contributed by atoms with Gasteiger partial charge in [0.25, 0.3) is 0 Å². The lowest BCUT2D eigenvalue weighted by Crippen LogP contribution is -2.35. The van der Waals surface area contributed by atoms with Crippen molar-refractivity contribution < 1.29 is 9.21 Å². The fraction of sp³-hybridized carbons (Fsp3) is 0.500. The van der Waals surface area contributed by atoms with Crippen LogP contribution in [0.15, 0.2) is 21.2 Å². The molecule has 4 heteroatoms. The molecule has 0 spiro atoms. The van der Waals surface area contributed by atoms with Gasteiger partial charge in [0, 0.05) is 12.0 Å². The lowest BCUT2D eigenvalue weighted by molar-refractivity contribution is 0.0788. The third-order valence-corrected chi connectivity index (χ3v) is 3.23. The molecule has 1 heterocycles. The number of furan rings is 1. The first-order chi connectivity index (χ1) is 6.55. The summed E-state index contributed by atoms with van der Waals surface area (Å²) in [6.07, 6.45) is 2.19. The van der Waals surface area contributed by atoms with E-state index in [0.29, 0.717) is 23.2 Å². The molecule has 0 saturated carbocycles. The average molecular weight is 260 g/mol. The largest absolute Gasteiger partial charge is 0.460 e. The van der Waals surface area contributed by atoms with Gasteiger partial charge in [-0.2, -0.15) is 0 Å². The predicted octanol–water partition coefficient (Wildman–Crippen LogP) is 2.60. The summed E-state index contributed by atoms with van der Waals surface area (Å²) in [6.45, 7) is 4.13. The van der Waals surface area contributed by atoms with Crippen LogP contribution in [0.3, 0.4) is 0 Å². The highest BCUT2D eigenvalue weighted by molar-refractivity contribution is 9.10. The van der Waals surface area contributed by atoms with Crippen LogP contribution in [-0.4, -0.2) is 12.3 Å². The minimum Gasteiger partial charge on any atom is -0.460 e. The van der Waals surface area contributed by atoms with Gasteiger partial charge in [0.15, 0.2) is 5.76 Å². The Morgan fingerprint density at radius 3 is 2.71 bits per heavy atom. The van der Waals surface area contributed by atoms with Crippen LogP contribution < -0.4 is 5.73 Å². The number of hydrogen-bond acceptors (Lipinski definition) is 3. The first kappa shape index (κ1) is 11.5. The molecular weight excluding hydrogens is 246 g/mol. The molecule has 1 aromatic rings. The highest BCUT2D eigenvalue weighted by atomic mass is 79.9. The van der Waals surface area contributed by atoms with Crippen molar-refractivity contribution in [2.75, 3.05) is 6.54 Å². The summed E-state index contributed by atoms with van der Waals surface area (Å²) < 4.78 is 5.81. The molecule has 0 amide bonds. The lowest BCUT2D eigenvalue weighted by Gasteiger charge is -2.23. The van der Waals surface area contributed by atoms with Crippen LogP contribution in [0.1, 0.15) is 30.8 Å². The summed E-state index contributed by atoms with van der Waals surface area (Å²) in [6, 6.07) is 1.71. The lowest BCUT2D eigenvalue weighted by atomic mass is 9.82. The average Bonchev–Trinajstić information content (AvgIpc) is 2.62. The molecular formula is C10H14BrNO2. The van der Waals surface area contributed by atoms with Gasteiger partial charge < -0.3 is 10.2 Å². The fourth-order valence-corrected chi connectivity index (χ4v) is 1.51. The molecule has 0 aliphatic rings. The molecule has 0 bridgehead atoms. The summed E-state index contributed by atoms with van der Waals surface area (Å²) in [4.78, 5) is 12.0. The van der Waals surface area contributed by atoms with Crippen LogP contribution in [0.25, 0.3) is 0 Å². The molecule has 2 N–H and O–H groups in total. The highest BCUT2D eigenvalue weighted by Gasteiger charge is 2.33. The van der Waals surface area contributed by atoms with Gasteiger partial charge in [-0.1, -0.05) is 13.8 Å². The third kappa shape index (κ3) is 1.91. The number of carbonyl (C=O) groups is 1. The minimum absolute atomic E-state index is 0.0422. The SMILES string of the molecule is CCC(C)(CN)C(=O)c1occc1Br. The number of rotatable bonds is 4. The second-order valence-electron chi connectivity index (χ2n) is 3.55. The zero-order valence-corrected chi connectivity index (χ0v) is 9.93. The van der Waals surface area contributed by atoms with E-state index < -0.39 is 5.41 Å². The molecule has 78 valence electrons. The summed E-state index contributed by atoms with van der Waals surface area (Å²) in [5, 5.41) is 0. The van der Waals surface area contributed by atoms with Crippen molar-refractivity contribution in [3.63, 3.8) is 0 Å². The van der Waals surface area contributed by atoms with Crippen LogP contribution >= 0.6 is 15.9 Å². The van der Waals surface area contributed by atoms with Crippen LogP contribution in [0.2, 0.25) is 0 Å². The molecule has 1 aromatic heterocycles. The maximum Gasteiger partial charge on any atom is 0.206 e. The van der Waals surface area contributed by atoms with E-state index in [-0.39, 0.29) is 5.78 Å². The van der Waals surface area contributed by atoms with E-state index in [1.54, 1.807) is 6.07 Å². The molecule has 1 unspecified atom stereocenters. The van der Waals surface area contributed by atoms with E-state index in [9.17, 15) is 4.79 Å². The van der Waals surface area contributed by atoms with Crippen molar-refractivity contribution in [1.29, 1.82) is 0 Å². The van der Waals surface area contributed by atoms with Crippen LogP contribution in [-0.2, 0) is 0 Å². The van der Waals surface area contributed by atoms with Crippen molar-refractivity contribution in [2.45, 2.75) is 20.3 Å². The first-order valence-electron chi connectivity index (χ1n) is 4.53. The van der Waals surface area contributed by atoms with E-state index in [0.717, 1.165) is 0 Å².